The predicted molar refractivity (Wildman–Crippen MR) is 91.8 cm³/mol. The van der Waals surface area contributed by atoms with Gasteiger partial charge in [-0.25, -0.2) is 4.98 Å². The van der Waals surface area contributed by atoms with Crippen LogP contribution >= 0.6 is 0 Å². The lowest BCUT2D eigenvalue weighted by Crippen LogP contribution is -2.56. The first kappa shape index (κ1) is 15.4. The molecule has 0 unspecified atom stereocenters. The van der Waals surface area contributed by atoms with Gasteiger partial charge in [-0.15, -0.1) is 5.10 Å². The Hall–Kier alpha value is -3.09. The highest BCUT2D eigenvalue weighted by Crippen LogP contribution is 2.23. The largest absolute Gasteiger partial charge is 0.479 e. The van der Waals surface area contributed by atoms with Crippen LogP contribution in [0.1, 0.15) is 10.4 Å². The molecular formula is C18H18N4O3. The van der Waals surface area contributed by atoms with Crippen LogP contribution in [-0.4, -0.2) is 51.9 Å². The summed E-state index contributed by atoms with van der Waals surface area (Å²) in [6, 6.07) is 11.7. The molecule has 1 saturated heterocycles. The van der Waals surface area contributed by atoms with E-state index in [9.17, 15) is 4.79 Å². The third kappa shape index (κ3) is 2.88. The summed E-state index contributed by atoms with van der Waals surface area (Å²) in [5.74, 6) is 0.819. The summed E-state index contributed by atoms with van der Waals surface area (Å²) in [4.78, 5) is 18.7. The number of pyridine rings is 1. The number of amides is 1. The number of ether oxygens (including phenoxy) is 2. The van der Waals surface area contributed by atoms with Gasteiger partial charge in [-0.3, -0.25) is 9.48 Å². The number of aromatic nitrogens is 3. The van der Waals surface area contributed by atoms with Crippen molar-refractivity contribution in [2.24, 2.45) is 7.05 Å². The Morgan fingerprint density at radius 2 is 2.00 bits per heavy atom. The van der Waals surface area contributed by atoms with Gasteiger partial charge in [0.15, 0.2) is 0 Å². The number of para-hydroxylation sites is 1. The molecule has 3 aromatic rings. The molecule has 0 aliphatic carbocycles. The SMILES string of the molecule is COc1nn(C)cc1C(=O)N1CC(Oc2ccc3ccccc3n2)C1. The quantitative estimate of drug-likeness (QED) is 0.726. The molecule has 1 amide bonds. The normalized spacial score (nSPS) is 14.4. The average molecular weight is 338 g/mol. The maximum Gasteiger partial charge on any atom is 0.261 e. The molecule has 2 aromatic heterocycles. The number of likely N-dealkylation sites (tertiary alicyclic amines) is 1. The van der Waals surface area contributed by atoms with E-state index in [1.54, 1.807) is 22.8 Å². The van der Waals surface area contributed by atoms with Gasteiger partial charge in [-0.2, -0.15) is 0 Å². The molecule has 1 aromatic carbocycles. The summed E-state index contributed by atoms with van der Waals surface area (Å²) in [6.07, 6.45) is 1.61. The molecule has 25 heavy (non-hydrogen) atoms. The molecule has 3 heterocycles. The van der Waals surface area contributed by atoms with Crippen molar-refractivity contribution >= 4 is 16.8 Å². The Kier molecular flexibility index (Phi) is 3.76. The summed E-state index contributed by atoms with van der Waals surface area (Å²) in [5.41, 5.74) is 1.36. The number of benzene rings is 1. The topological polar surface area (TPSA) is 69.5 Å². The third-order valence-corrected chi connectivity index (χ3v) is 4.21. The first-order chi connectivity index (χ1) is 12.1. The minimum Gasteiger partial charge on any atom is -0.479 e. The van der Waals surface area contributed by atoms with Crippen molar-refractivity contribution in [2.75, 3.05) is 20.2 Å². The summed E-state index contributed by atoms with van der Waals surface area (Å²) in [7, 11) is 3.26. The molecular weight excluding hydrogens is 320 g/mol. The second-order valence-corrected chi connectivity index (χ2v) is 6.02. The second kappa shape index (κ2) is 6.08. The molecule has 0 spiro atoms. The lowest BCUT2D eigenvalue weighted by molar-refractivity contribution is 0.0159. The highest BCUT2D eigenvalue weighted by Gasteiger charge is 2.35. The van der Waals surface area contributed by atoms with E-state index >= 15 is 0 Å². The van der Waals surface area contributed by atoms with Crippen molar-refractivity contribution in [1.82, 2.24) is 19.7 Å². The van der Waals surface area contributed by atoms with Crippen LogP contribution in [-0.2, 0) is 7.05 Å². The highest BCUT2D eigenvalue weighted by molar-refractivity contribution is 5.96. The fraction of sp³-hybridized carbons (Fsp3) is 0.278. The molecule has 0 N–H and O–H groups in total. The molecule has 4 rings (SSSR count). The van der Waals surface area contributed by atoms with Crippen LogP contribution in [0.5, 0.6) is 11.8 Å². The molecule has 0 bridgehead atoms. The molecule has 0 saturated carbocycles. The van der Waals surface area contributed by atoms with E-state index in [0.717, 1.165) is 10.9 Å². The zero-order valence-electron chi connectivity index (χ0n) is 14.0. The molecule has 1 aliphatic heterocycles. The number of rotatable bonds is 4. The van der Waals surface area contributed by atoms with Crippen molar-refractivity contribution in [2.45, 2.75) is 6.10 Å². The number of carbonyl (C=O) groups is 1. The average Bonchev–Trinajstić information content (AvgIpc) is 2.98. The maximum absolute atomic E-state index is 12.5. The Labute approximate surface area is 144 Å². The van der Waals surface area contributed by atoms with Gasteiger partial charge >= 0.3 is 0 Å². The summed E-state index contributed by atoms with van der Waals surface area (Å²) >= 11 is 0. The van der Waals surface area contributed by atoms with Crippen LogP contribution in [0.25, 0.3) is 10.9 Å². The van der Waals surface area contributed by atoms with Crippen molar-refractivity contribution in [3.8, 4) is 11.8 Å². The van der Waals surface area contributed by atoms with E-state index in [-0.39, 0.29) is 12.0 Å². The number of aryl methyl sites for hydroxylation is 1. The maximum atomic E-state index is 12.5. The van der Waals surface area contributed by atoms with Crippen LogP contribution in [0, 0.1) is 0 Å². The number of methoxy groups -OCH3 is 1. The summed E-state index contributed by atoms with van der Waals surface area (Å²) in [5, 5.41) is 5.19. The van der Waals surface area contributed by atoms with E-state index in [2.05, 4.69) is 10.1 Å². The standard InChI is InChI=1S/C18H18N4O3/c1-21-11-14(17(20-21)24-2)18(23)22-9-13(10-22)25-16-8-7-12-5-3-4-6-15(12)19-16/h3-8,11,13H,9-10H2,1-2H3. The van der Waals surface area contributed by atoms with E-state index in [0.29, 0.717) is 30.4 Å². The third-order valence-electron chi connectivity index (χ3n) is 4.21. The van der Waals surface area contributed by atoms with Crippen molar-refractivity contribution in [3.05, 3.63) is 48.2 Å². The van der Waals surface area contributed by atoms with Crippen molar-refractivity contribution < 1.29 is 14.3 Å². The fourth-order valence-corrected chi connectivity index (χ4v) is 2.90. The molecule has 7 heteroatoms. The zero-order valence-corrected chi connectivity index (χ0v) is 14.0. The van der Waals surface area contributed by atoms with Gasteiger partial charge in [-0.05, 0) is 12.1 Å². The van der Waals surface area contributed by atoms with Crippen LogP contribution in [0.2, 0.25) is 0 Å². The fourth-order valence-electron chi connectivity index (χ4n) is 2.90. The summed E-state index contributed by atoms with van der Waals surface area (Å²) in [6.45, 7) is 1.04. The van der Waals surface area contributed by atoms with Gasteiger partial charge in [0.25, 0.3) is 5.91 Å². The first-order valence-electron chi connectivity index (χ1n) is 8.03. The van der Waals surface area contributed by atoms with Gasteiger partial charge in [0, 0.05) is 24.7 Å². The van der Waals surface area contributed by atoms with E-state index < -0.39 is 0 Å². The Morgan fingerprint density at radius 1 is 1.20 bits per heavy atom. The van der Waals surface area contributed by atoms with Crippen molar-refractivity contribution in [3.63, 3.8) is 0 Å². The number of nitrogens with zero attached hydrogens (tertiary/aromatic N) is 4. The van der Waals surface area contributed by atoms with E-state index in [4.69, 9.17) is 9.47 Å². The minimum absolute atomic E-state index is 0.0553. The van der Waals surface area contributed by atoms with Crippen LogP contribution < -0.4 is 9.47 Å². The van der Waals surface area contributed by atoms with Gasteiger partial charge in [0.1, 0.15) is 11.7 Å². The molecule has 7 nitrogen and oxygen atoms in total. The van der Waals surface area contributed by atoms with Gasteiger partial charge < -0.3 is 14.4 Å². The Bertz CT molecular complexity index is 931. The molecule has 1 fully saturated rings. The van der Waals surface area contributed by atoms with Crippen LogP contribution in [0.15, 0.2) is 42.6 Å². The van der Waals surface area contributed by atoms with E-state index in [1.807, 2.05) is 36.4 Å². The number of hydrogen-bond acceptors (Lipinski definition) is 5. The monoisotopic (exact) mass is 338 g/mol. The number of fused-ring (bicyclic) bond motifs is 1. The lowest BCUT2D eigenvalue weighted by atomic mass is 10.1. The van der Waals surface area contributed by atoms with E-state index in [1.165, 1.54) is 7.11 Å². The molecule has 128 valence electrons. The second-order valence-electron chi connectivity index (χ2n) is 6.02. The number of carbonyl (C=O) groups excluding carboxylic acids is 1. The molecule has 1 aliphatic rings. The Morgan fingerprint density at radius 3 is 2.80 bits per heavy atom. The molecule has 0 radical (unpaired) electrons. The van der Waals surface area contributed by atoms with Gasteiger partial charge in [-0.1, -0.05) is 18.2 Å². The zero-order chi connectivity index (χ0) is 17.4. The highest BCUT2D eigenvalue weighted by atomic mass is 16.5. The van der Waals surface area contributed by atoms with Gasteiger partial charge in [0.05, 0.1) is 25.7 Å². The van der Waals surface area contributed by atoms with Crippen LogP contribution in [0.3, 0.4) is 0 Å². The lowest BCUT2D eigenvalue weighted by Gasteiger charge is -2.38. The predicted octanol–water partition coefficient (Wildman–Crippen LogP) is 1.88. The van der Waals surface area contributed by atoms with Crippen molar-refractivity contribution in [1.29, 1.82) is 0 Å². The minimum atomic E-state index is -0.101. The smallest absolute Gasteiger partial charge is 0.261 e. The molecule has 0 atom stereocenters. The summed E-state index contributed by atoms with van der Waals surface area (Å²) < 4.78 is 12.6. The first-order valence-corrected chi connectivity index (χ1v) is 8.03. The van der Waals surface area contributed by atoms with Gasteiger partial charge in [0.2, 0.25) is 11.8 Å². The van der Waals surface area contributed by atoms with Crippen LogP contribution in [0.4, 0.5) is 0 Å². The number of hydrogen-bond donors (Lipinski definition) is 0. The Balaban J connectivity index is 1.40.